The maximum Gasteiger partial charge on any atom is 0.129 e. The zero-order valence-corrected chi connectivity index (χ0v) is 13.4. The highest BCUT2D eigenvalue weighted by molar-refractivity contribution is 5.39. The number of nitrogens with zero attached hydrogens (tertiary/aromatic N) is 3. The third-order valence-electron chi connectivity index (χ3n) is 4.83. The highest BCUT2D eigenvalue weighted by atomic mass is 16.3. The third kappa shape index (κ3) is 4.44. The van der Waals surface area contributed by atoms with Crippen LogP contribution in [0.4, 0.5) is 5.69 Å². The summed E-state index contributed by atoms with van der Waals surface area (Å²) < 4.78 is 0. The van der Waals surface area contributed by atoms with Gasteiger partial charge in [-0.05, 0) is 48.2 Å². The zero-order chi connectivity index (χ0) is 15.9. The first kappa shape index (κ1) is 16.7. The molecule has 0 aromatic heterocycles. The van der Waals surface area contributed by atoms with Crippen molar-refractivity contribution in [3.05, 3.63) is 39.6 Å². The van der Waals surface area contributed by atoms with E-state index in [9.17, 15) is 9.81 Å². The second-order valence-electron chi connectivity index (χ2n) is 6.55. The quantitative estimate of drug-likeness (QED) is 0.689. The molecule has 0 aliphatic heterocycles. The summed E-state index contributed by atoms with van der Waals surface area (Å²) in [6, 6.07) is 6.39. The average Bonchev–Trinajstić information content (AvgIpc) is 2.55. The van der Waals surface area contributed by atoms with Crippen LogP contribution < -0.4 is 0 Å². The lowest BCUT2D eigenvalue weighted by Crippen LogP contribution is -2.33. The van der Waals surface area contributed by atoms with Gasteiger partial charge in [-0.3, -0.25) is 0 Å². The van der Waals surface area contributed by atoms with Gasteiger partial charge in [-0.15, -0.1) is 4.91 Å². The van der Waals surface area contributed by atoms with Crippen molar-refractivity contribution < 1.29 is 0 Å². The Balaban J connectivity index is 1.93. The van der Waals surface area contributed by atoms with E-state index in [1.54, 1.807) is 24.3 Å². The summed E-state index contributed by atoms with van der Waals surface area (Å²) >= 11 is 0. The van der Waals surface area contributed by atoms with E-state index in [1.807, 2.05) is 0 Å². The molecule has 0 heterocycles. The van der Waals surface area contributed by atoms with E-state index in [4.69, 9.17) is 0 Å². The van der Waals surface area contributed by atoms with Crippen molar-refractivity contribution in [3.8, 4) is 0 Å². The number of hydrogen-bond acceptors (Lipinski definition) is 5. The van der Waals surface area contributed by atoms with Crippen LogP contribution in [0.25, 0.3) is 0 Å². The molecule has 5 heteroatoms. The van der Waals surface area contributed by atoms with E-state index >= 15 is 0 Å². The van der Waals surface area contributed by atoms with Gasteiger partial charge in [0.05, 0.1) is 0 Å². The molecule has 22 heavy (non-hydrogen) atoms. The van der Waals surface area contributed by atoms with Gasteiger partial charge in [-0.25, -0.2) is 0 Å². The molecular weight excluding hydrogens is 278 g/mol. The Kier molecular flexibility index (Phi) is 6.19. The van der Waals surface area contributed by atoms with Crippen LogP contribution in [-0.4, -0.2) is 25.0 Å². The summed E-state index contributed by atoms with van der Waals surface area (Å²) in [6.07, 6.45) is 5.26. The van der Waals surface area contributed by atoms with Gasteiger partial charge in [0.2, 0.25) is 0 Å². The molecule has 0 spiro atoms. The number of rotatable bonds is 7. The summed E-state index contributed by atoms with van der Waals surface area (Å²) in [5.74, 6) is 1.48. The largest absolute Gasteiger partial charge is 0.303 e. The lowest BCUT2D eigenvalue weighted by Gasteiger charge is -2.32. The van der Waals surface area contributed by atoms with Crippen LogP contribution in [-0.2, 0) is 0 Å². The molecule has 0 radical (unpaired) electrons. The lowest BCUT2D eigenvalue weighted by molar-refractivity contribution is 0.176. The lowest BCUT2D eigenvalue weighted by atomic mass is 9.80. The molecule has 1 saturated carbocycles. The van der Waals surface area contributed by atoms with Crippen molar-refractivity contribution in [1.29, 1.82) is 0 Å². The molecule has 1 aliphatic rings. The Morgan fingerprint density at radius 1 is 1.18 bits per heavy atom. The number of likely N-dealkylation sites (N-methyl/N-ethyl adjacent to an activating group) is 1. The fraction of sp³-hybridized carbons (Fsp3) is 0.647. The summed E-state index contributed by atoms with van der Waals surface area (Å²) in [7, 11) is 2.06. The van der Waals surface area contributed by atoms with Crippen LogP contribution in [0, 0.1) is 21.6 Å². The van der Waals surface area contributed by atoms with Crippen LogP contribution in [0.3, 0.4) is 0 Å². The zero-order valence-electron chi connectivity index (χ0n) is 13.4. The summed E-state index contributed by atoms with van der Waals surface area (Å²) in [4.78, 5) is 23.8. The molecule has 120 valence electrons. The van der Waals surface area contributed by atoms with Gasteiger partial charge in [0.1, 0.15) is 11.7 Å². The normalized spacial score (nSPS) is 23.2. The van der Waals surface area contributed by atoms with Crippen molar-refractivity contribution in [2.24, 2.45) is 22.2 Å². The predicted molar refractivity (Wildman–Crippen MR) is 89.1 cm³/mol. The van der Waals surface area contributed by atoms with Crippen LogP contribution in [0.1, 0.15) is 44.2 Å². The topological polar surface area (TPSA) is 62.1 Å². The second-order valence-corrected chi connectivity index (χ2v) is 6.55. The molecule has 3 unspecified atom stereocenters. The Morgan fingerprint density at radius 2 is 1.86 bits per heavy atom. The Labute approximate surface area is 132 Å². The average molecular weight is 303 g/mol. The van der Waals surface area contributed by atoms with Crippen molar-refractivity contribution in [2.75, 3.05) is 20.1 Å². The van der Waals surface area contributed by atoms with Crippen LogP contribution in [0.15, 0.2) is 34.6 Å². The summed E-state index contributed by atoms with van der Waals surface area (Å²) in [5.41, 5.74) is 1.21. The van der Waals surface area contributed by atoms with Crippen LogP contribution >= 0.6 is 0 Å². The number of nitroso groups, excluding NO2 is 2. The van der Waals surface area contributed by atoms with E-state index < -0.39 is 6.04 Å². The van der Waals surface area contributed by atoms with Crippen molar-refractivity contribution in [1.82, 2.24) is 4.90 Å². The molecule has 1 aliphatic carbocycles. The number of hydrogen-bond donors (Lipinski definition) is 0. The SMILES string of the molecule is CC1CCCCC1CN(C)CC(N=O)c1ccc(N=O)cc1. The maximum absolute atomic E-state index is 11.2. The van der Waals surface area contributed by atoms with Gasteiger partial charge < -0.3 is 4.90 Å². The van der Waals surface area contributed by atoms with Crippen molar-refractivity contribution in [2.45, 2.75) is 38.6 Å². The van der Waals surface area contributed by atoms with E-state index in [0.29, 0.717) is 18.2 Å². The van der Waals surface area contributed by atoms with Gasteiger partial charge in [0.15, 0.2) is 0 Å². The molecular formula is C17H25N3O2. The first-order chi connectivity index (χ1) is 10.6. The highest BCUT2D eigenvalue weighted by Gasteiger charge is 2.24. The highest BCUT2D eigenvalue weighted by Crippen LogP contribution is 2.30. The molecule has 1 fully saturated rings. The van der Waals surface area contributed by atoms with Gasteiger partial charge in [-0.2, -0.15) is 4.91 Å². The van der Waals surface area contributed by atoms with E-state index in [2.05, 4.69) is 29.2 Å². The van der Waals surface area contributed by atoms with Gasteiger partial charge in [-0.1, -0.05) is 43.5 Å². The summed E-state index contributed by atoms with van der Waals surface area (Å²) in [6.45, 7) is 3.96. The molecule has 0 amide bonds. The van der Waals surface area contributed by atoms with Crippen molar-refractivity contribution >= 4 is 5.69 Å². The smallest absolute Gasteiger partial charge is 0.129 e. The number of benzene rings is 1. The van der Waals surface area contributed by atoms with E-state index in [-0.39, 0.29) is 0 Å². The molecule has 2 rings (SSSR count). The minimum absolute atomic E-state index is 0.373. The minimum atomic E-state index is -0.399. The van der Waals surface area contributed by atoms with Crippen LogP contribution in [0.2, 0.25) is 0 Å². The standard InChI is InChI=1S/C17H25N3O2/c1-13-5-3-4-6-15(13)11-20(2)12-17(19-22)14-7-9-16(18-21)10-8-14/h7-10,13,15,17H,3-6,11-12H2,1-2H3. The van der Waals surface area contributed by atoms with Crippen molar-refractivity contribution in [3.63, 3.8) is 0 Å². The Hall–Kier alpha value is -1.62. The maximum atomic E-state index is 11.2. The monoisotopic (exact) mass is 303 g/mol. The first-order valence-electron chi connectivity index (χ1n) is 8.08. The molecule has 3 atom stereocenters. The molecule has 1 aromatic rings. The fourth-order valence-corrected chi connectivity index (χ4v) is 3.39. The summed E-state index contributed by atoms with van der Waals surface area (Å²) in [5, 5.41) is 6.14. The van der Waals surface area contributed by atoms with E-state index in [0.717, 1.165) is 18.0 Å². The molecule has 1 aromatic carbocycles. The predicted octanol–water partition coefficient (Wildman–Crippen LogP) is 4.65. The van der Waals surface area contributed by atoms with Crippen LogP contribution in [0.5, 0.6) is 0 Å². The Bertz CT molecular complexity index is 489. The third-order valence-corrected chi connectivity index (χ3v) is 4.83. The molecule has 0 N–H and O–H groups in total. The second kappa shape index (κ2) is 8.13. The molecule has 0 bridgehead atoms. The van der Waals surface area contributed by atoms with Gasteiger partial charge >= 0.3 is 0 Å². The molecule has 0 saturated heterocycles. The first-order valence-corrected chi connectivity index (χ1v) is 8.08. The minimum Gasteiger partial charge on any atom is -0.303 e. The fourth-order valence-electron chi connectivity index (χ4n) is 3.39. The van der Waals surface area contributed by atoms with E-state index in [1.165, 1.54) is 25.7 Å². The van der Waals surface area contributed by atoms with Gasteiger partial charge in [0, 0.05) is 13.1 Å². The molecule has 5 nitrogen and oxygen atoms in total. The van der Waals surface area contributed by atoms with Gasteiger partial charge in [0.25, 0.3) is 0 Å². The Morgan fingerprint density at radius 3 is 2.45 bits per heavy atom.